The maximum absolute atomic E-state index is 11.1. The van der Waals surface area contributed by atoms with E-state index in [4.69, 9.17) is 11.5 Å². The Labute approximate surface area is 94.3 Å². The van der Waals surface area contributed by atoms with Crippen molar-refractivity contribution >= 4 is 11.6 Å². The molecule has 0 bridgehead atoms. The number of hydrogen-bond acceptors (Lipinski definition) is 4. The molecule has 5 heteroatoms. The molecule has 1 aliphatic rings. The van der Waals surface area contributed by atoms with Gasteiger partial charge in [-0.2, -0.15) is 0 Å². The van der Waals surface area contributed by atoms with Crippen LogP contribution in [0.2, 0.25) is 0 Å². The molecule has 0 atom stereocenters. The van der Waals surface area contributed by atoms with Gasteiger partial charge in [0.05, 0.1) is 11.9 Å². The van der Waals surface area contributed by atoms with Crippen LogP contribution in [0.15, 0.2) is 6.20 Å². The number of rotatable bonds is 2. The average Bonchev–Trinajstić information content (AvgIpc) is 2.30. The molecule has 1 aromatic rings. The van der Waals surface area contributed by atoms with Crippen LogP contribution in [-0.2, 0) is 0 Å². The van der Waals surface area contributed by atoms with Gasteiger partial charge in [0.1, 0.15) is 5.82 Å². The second-order valence-electron chi connectivity index (χ2n) is 4.23. The average molecular weight is 220 g/mol. The first-order valence-corrected chi connectivity index (χ1v) is 5.60. The van der Waals surface area contributed by atoms with Gasteiger partial charge < -0.3 is 11.5 Å². The van der Waals surface area contributed by atoms with Crippen molar-refractivity contribution < 1.29 is 4.79 Å². The van der Waals surface area contributed by atoms with Crippen LogP contribution in [0.25, 0.3) is 0 Å². The van der Waals surface area contributed by atoms with E-state index in [1.54, 1.807) is 0 Å². The van der Waals surface area contributed by atoms with Crippen LogP contribution in [0.3, 0.4) is 0 Å². The lowest BCUT2D eigenvalue weighted by molar-refractivity contribution is 0.0996. The Balaban J connectivity index is 2.27. The smallest absolute Gasteiger partial charge is 0.269 e. The van der Waals surface area contributed by atoms with E-state index >= 15 is 0 Å². The van der Waals surface area contributed by atoms with E-state index in [9.17, 15) is 4.79 Å². The first-order chi connectivity index (χ1) is 7.68. The van der Waals surface area contributed by atoms with Gasteiger partial charge in [0.25, 0.3) is 5.91 Å². The second-order valence-corrected chi connectivity index (χ2v) is 4.23. The predicted molar refractivity (Wildman–Crippen MR) is 60.8 cm³/mol. The van der Waals surface area contributed by atoms with Crippen LogP contribution >= 0.6 is 0 Å². The molecule has 1 amide bonds. The summed E-state index contributed by atoms with van der Waals surface area (Å²) in [6.07, 6.45) is 7.32. The molecule has 1 aliphatic carbocycles. The number of hydrogen-bond donors (Lipinski definition) is 2. The molecular formula is C11H16N4O. The Bertz CT molecular complexity index is 399. The highest BCUT2D eigenvalue weighted by atomic mass is 16.1. The molecule has 1 aromatic heterocycles. The number of carbonyl (C=O) groups excluding carboxylic acids is 1. The van der Waals surface area contributed by atoms with Gasteiger partial charge >= 0.3 is 0 Å². The van der Waals surface area contributed by atoms with Crippen LogP contribution in [0.4, 0.5) is 5.69 Å². The highest BCUT2D eigenvalue weighted by Crippen LogP contribution is 2.30. The highest BCUT2D eigenvalue weighted by molar-refractivity contribution is 5.95. The van der Waals surface area contributed by atoms with Gasteiger partial charge in [-0.3, -0.25) is 4.79 Å². The maximum Gasteiger partial charge on any atom is 0.269 e. The van der Waals surface area contributed by atoms with E-state index in [1.807, 2.05) is 0 Å². The molecule has 5 nitrogen and oxygen atoms in total. The number of anilines is 1. The van der Waals surface area contributed by atoms with Crippen LogP contribution in [0.5, 0.6) is 0 Å². The molecule has 0 aromatic carbocycles. The van der Waals surface area contributed by atoms with E-state index < -0.39 is 5.91 Å². The van der Waals surface area contributed by atoms with Gasteiger partial charge in [-0.05, 0) is 12.8 Å². The van der Waals surface area contributed by atoms with Crippen molar-refractivity contribution in [1.29, 1.82) is 0 Å². The summed E-state index contributed by atoms with van der Waals surface area (Å²) in [5.74, 6) is 0.479. The minimum Gasteiger partial charge on any atom is -0.396 e. The number of carbonyl (C=O) groups is 1. The molecule has 0 radical (unpaired) electrons. The van der Waals surface area contributed by atoms with Crippen LogP contribution in [0.1, 0.15) is 54.3 Å². The third kappa shape index (κ3) is 2.13. The normalized spacial score (nSPS) is 17.2. The van der Waals surface area contributed by atoms with Crippen molar-refractivity contribution in [3.63, 3.8) is 0 Å². The van der Waals surface area contributed by atoms with Gasteiger partial charge in [-0.25, -0.2) is 9.97 Å². The van der Waals surface area contributed by atoms with Crippen LogP contribution in [0, 0.1) is 0 Å². The zero-order valence-corrected chi connectivity index (χ0v) is 9.15. The summed E-state index contributed by atoms with van der Waals surface area (Å²) in [4.78, 5) is 19.5. The lowest BCUT2D eigenvalue weighted by atomic mass is 9.88. The standard InChI is InChI=1S/C11H16N4O/c12-8-6-14-11(15-9(8)10(13)16)7-4-2-1-3-5-7/h6-7H,1-5,12H2,(H2,13,16). The van der Waals surface area contributed by atoms with E-state index in [1.165, 1.54) is 25.5 Å². The molecule has 0 saturated heterocycles. The van der Waals surface area contributed by atoms with Crippen LogP contribution in [-0.4, -0.2) is 15.9 Å². The Morgan fingerprint density at radius 3 is 2.62 bits per heavy atom. The molecule has 0 aliphatic heterocycles. The molecule has 16 heavy (non-hydrogen) atoms. The highest BCUT2D eigenvalue weighted by Gasteiger charge is 2.20. The third-order valence-corrected chi connectivity index (χ3v) is 3.04. The van der Waals surface area contributed by atoms with Gasteiger partial charge in [-0.1, -0.05) is 19.3 Å². The lowest BCUT2D eigenvalue weighted by Gasteiger charge is -2.20. The van der Waals surface area contributed by atoms with Crippen molar-refractivity contribution in [3.8, 4) is 0 Å². The molecule has 4 N–H and O–H groups in total. The number of nitrogen functional groups attached to an aromatic ring is 1. The molecule has 1 fully saturated rings. The molecule has 1 heterocycles. The Kier molecular flexibility index (Phi) is 3.03. The van der Waals surface area contributed by atoms with Gasteiger partial charge in [0.2, 0.25) is 0 Å². The number of nitrogens with zero attached hydrogens (tertiary/aromatic N) is 2. The first kappa shape index (κ1) is 10.9. The van der Waals surface area contributed by atoms with Gasteiger partial charge in [0.15, 0.2) is 5.69 Å². The van der Waals surface area contributed by atoms with Gasteiger partial charge in [-0.15, -0.1) is 0 Å². The minimum atomic E-state index is -0.586. The summed E-state index contributed by atoms with van der Waals surface area (Å²) >= 11 is 0. The molecule has 1 saturated carbocycles. The summed E-state index contributed by atoms with van der Waals surface area (Å²) in [6.45, 7) is 0. The van der Waals surface area contributed by atoms with E-state index in [-0.39, 0.29) is 11.4 Å². The summed E-state index contributed by atoms with van der Waals surface area (Å²) in [6, 6.07) is 0. The summed E-state index contributed by atoms with van der Waals surface area (Å²) < 4.78 is 0. The molecule has 86 valence electrons. The number of amides is 1. The second kappa shape index (κ2) is 4.47. The fraction of sp³-hybridized carbons (Fsp3) is 0.545. The number of aromatic nitrogens is 2. The minimum absolute atomic E-state index is 0.149. The number of nitrogens with two attached hydrogens (primary N) is 2. The van der Waals surface area contributed by atoms with Crippen molar-refractivity contribution in [2.24, 2.45) is 5.73 Å². The SMILES string of the molecule is NC(=O)c1nc(C2CCCCC2)ncc1N. The van der Waals surface area contributed by atoms with Crippen molar-refractivity contribution in [3.05, 3.63) is 17.7 Å². The maximum atomic E-state index is 11.1. The zero-order valence-electron chi connectivity index (χ0n) is 9.15. The summed E-state index contributed by atoms with van der Waals surface area (Å²) in [7, 11) is 0. The summed E-state index contributed by atoms with van der Waals surface area (Å²) in [5, 5.41) is 0. The topological polar surface area (TPSA) is 94.9 Å². The fourth-order valence-corrected chi connectivity index (χ4v) is 2.16. The Morgan fingerprint density at radius 2 is 2.00 bits per heavy atom. The number of primary amides is 1. The largest absolute Gasteiger partial charge is 0.396 e. The Morgan fingerprint density at radius 1 is 1.31 bits per heavy atom. The summed E-state index contributed by atoms with van der Waals surface area (Å²) in [5.41, 5.74) is 11.2. The quantitative estimate of drug-likeness (QED) is 0.783. The monoisotopic (exact) mass is 220 g/mol. The third-order valence-electron chi connectivity index (χ3n) is 3.04. The van der Waals surface area contributed by atoms with Gasteiger partial charge in [0, 0.05) is 5.92 Å². The van der Waals surface area contributed by atoms with Crippen molar-refractivity contribution in [2.45, 2.75) is 38.0 Å². The molecule has 0 spiro atoms. The molecule has 2 rings (SSSR count). The van der Waals surface area contributed by atoms with Crippen LogP contribution < -0.4 is 11.5 Å². The molecule has 0 unspecified atom stereocenters. The Hall–Kier alpha value is -1.65. The zero-order chi connectivity index (χ0) is 11.5. The van der Waals surface area contributed by atoms with E-state index in [0.29, 0.717) is 11.7 Å². The predicted octanol–water partition coefficient (Wildman–Crippen LogP) is 1.21. The van der Waals surface area contributed by atoms with Crippen molar-refractivity contribution in [2.75, 3.05) is 5.73 Å². The van der Waals surface area contributed by atoms with E-state index in [2.05, 4.69) is 9.97 Å². The van der Waals surface area contributed by atoms with Crippen molar-refractivity contribution in [1.82, 2.24) is 9.97 Å². The van der Waals surface area contributed by atoms with E-state index in [0.717, 1.165) is 12.8 Å². The lowest BCUT2D eigenvalue weighted by Crippen LogP contribution is -2.19. The fourth-order valence-electron chi connectivity index (χ4n) is 2.16. The first-order valence-electron chi connectivity index (χ1n) is 5.60. The molecular weight excluding hydrogens is 204 g/mol.